The van der Waals surface area contributed by atoms with E-state index in [2.05, 4.69) is 28.0 Å². The first-order valence-electron chi connectivity index (χ1n) is 7.15. The average Bonchev–Trinajstić information content (AvgIpc) is 2.95. The van der Waals surface area contributed by atoms with Crippen LogP contribution in [-0.4, -0.2) is 22.1 Å². The summed E-state index contributed by atoms with van der Waals surface area (Å²) in [6.45, 7) is 4.85. The van der Waals surface area contributed by atoms with E-state index in [4.69, 9.17) is 9.78 Å². The molecule has 110 valence electrons. The van der Waals surface area contributed by atoms with Crippen LogP contribution in [0, 0.1) is 11.3 Å². The highest BCUT2D eigenvalue weighted by atomic mass is 16.5. The van der Waals surface area contributed by atoms with Gasteiger partial charge in [0.15, 0.2) is 5.82 Å². The number of nitrogens with zero attached hydrogens (tertiary/aromatic N) is 4. The minimum atomic E-state index is 0.0360. The van der Waals surface area contributed by atoms with Crippen LogP contribution in [0.5, 0.6) is 0 Å². The summed E-state index contributed by atoms with van der Waals surface area (Å²) in [7, 11) is 2.01. The van der Waals surface area contributed by atoms with Crippen LogP contribution < -0.4 is 0 Å². The standard InChI is InChI=1S/C16H20N4O/c1-4-6-15-18-16(21-19-15)12(2)20(3)11-14-8-5-7-13(9-14)10-17/h5,7-9,12H,4,6,11H2,1-3H3. The number of aromatic nitrogens is 2. The lowest BCUT2D eigenvalue weighted by molar-refractivity contribution is 0.202. The van der Waals surface area contributed by atoms with Crippen LogP contribution in [0.3, 0.4) is 0 Å². The Labute approximate surface area is 125 Å². The van der Waals surface area contributed by atoms with Gasteiger partial charge in [0.2, 0.25) is 5.89 Å². The molecular formula is C16H20N4O. The highest BCUT2D eigenvalue weighted by Gasteiger charge is 2.18. The van der Waals surface area contributed by atoms with Crippen molar-refractivity contribution in [3.63, 3.8) is 0 Å². The van der Waals surface area contributed by atoms with Crippen molar-refractivity contribution < 1.29 is 4.52 Å². The van der Waals surface area contributed by atoms with Gasteiger partial charge in [-0.05, 0) is 38.1 Å². The van der Waals surface area contributed by atoms with E-state index in [-0.39, 0.29) is 6.04 Å². The first-order valence-corrected chi connectivity index (χ1v) is 7.15. The zero-order chi connectivity index (χ0) is 15.2. The van der Waals surface area contributed by atoms with E-state index >= 15 is 0 Å². The summed E-state index contributed by atoms with van der Waals surface area (Å²) in [5, 5.41) is 12.9. The van der Waals surface area contributed by atoms with Crippen molar-refractivity contribution in [2.75, 3.05) is 7.05 Å². The lowest BCUT2D eigenvalue weighted by Crippen LogP contribution is -2.22. The van der Waals surface area contributed by atoms with Gasteiger partial charge in [-0.25, -0.2) is 0 Å². The Morgan fingerprint density at radius 3 is 2.95 bits per heavy atom. The maximum Gasteiger partial charge on any atom is 0.243 e. The van der Waals surface area contributed by atoms with Crippen LogP contribution in [0.4, 0.5) is 0 Å². The molecule has 5 heteroatoms. The first kappa shape index (κ1) is 15.2. The molecule has 0 aliphatic carbocycles. The molecule has 5 nitrogen and oxygen atoms in total. The smallest absolute Gasteiger partial charge is 0.243 e. The number of benzene rings is 1. The molecule has 2 rings (SSSR count). The quantitative estimate of drug-likeness (QED) is 0.815. The van der Waals surface area contributed by atoms with E-state index in [0.717, 1.165) is 30.8 Å². The van der Waals surface area contributed by atoms with Gasteiger partial charge in [-0.3, -0.25) is 4.90 Å². The van der Waals surface area contributed by atoms with E-state index in [0.29, 0.717) is 11.5 Å². The zero-order valence-electron chi connectivity index (χ0n) is 12.7. The van der Waals surface area contributed by atoms with Crippen LogP contribution in [0.1, 0.15) is 49.2 Å². The minimum absolute atomic E-state index is 0.0360. The monoisotopic (exact) mass is 284 g/mol. The van der Waals surface area contributed by atoms with Gasteiger partial charge in [0.25, 0.3) is 0 Å². The van der Waals surface area contributed by atoms with Crippen molar-refractivity contribution in [2.45, 2.75) is 39.3 Å². The van der Waals surface area contributed by atoms with Crippen LogP contribution in [-0.2, 0) is 13.0 Å². The molecule has 1 atom stereocenters. The third kappa shape index (κ3) is 3.89. The van der Waals surface area contributed by atoms with Crippen LogP contribution in [0.2, 0.25) is 0 Å². The number of rotatable bonds is 6. The molecule has 0 spiro atoms. The van der Waals surface area contributed by atoms with Gasteiger partial charge in [-0.1, -0.05) is 24.2 Å². The molecule has 0 aliphatic heterocycles. The third-order valence-electron chi connectivity index (χ3n) is 3.46. The van der Waals surface area contributed by atoms with Crippen molar-refractivity contribution in [3.05, 3.63) is 47.1 Å². The highest BCUT2D eigenvalue weighted by Crippen LogP contribution is 2.19. The minimum Gasteiger partial charge on any atom is -0.338 e. The van der Waals surface area contributed by atoms with Crippen LogP contribution >= 0.6 is 0 Å². The fourth-order valence-corrected chi connectivity index (χ4v) is 2.11. The van der Waals surface area contributed by atoms with E-state index in [1.165, 1.54) is 0 Å². The number of hydrogen-bond acceptors (Lipinski definition) is 5. The molecule has 0 bridgehead atoms. The van der Waals surface area contributed by atoms with Crippen molar-refractivity contribution >= 4 is 0 Å². The topological polar surface area (TPSA) is 66.0 Å². The van der Waals surface area contributed by atoms with Gasteiger partial charge < -0.3 is 4.52 Å². The zero-order valence-corrected chi connectivity index (χ0v) is 12.7. The Morgan fingerprint density at radius 2 is 2.24 bits per heavy atom. The Balaban J connectivity index is 2.04. The molecule has 0 amide bonds. The Morgan fingerprint density at radius 1 is 1.43 bits per heavy atom. The molecular weight excluding hydrogens is 264 g/mol. The molecule has 0 saturated heterocycles. The largest absolute Gasteiger partial charge is 0.338 e. The molecule has 2 aromatic rings. The van der Waals surface area contributed by atoms with Gasteiger partial charge in [0.05, 0.1) is 17.7 Å². The summed E-state index contributed by atoms with van der Waals surface area (Å²) in [6.07, 6.45) is 1.84. The highest BCUT2D eigenvalue weighted by molar-refractivity contribution is 5.32. The van der Waals surface area contributed by atoms with Gasteiger partial charge in [0.1, 0.15) is 0 Å². The van der Waals surface area contributed by atoms with Gasteiger partial charge in [-0.15, -0.1) is 0 Å². The lowest BCUT2D eigenvalue weighted by atomic mass is 10.1. The van der Waals surface area contributed by atoms with E-state index in [1.54, 1.807) is 0 Å². The van der Waals surface area contributed by atoms with Crippen molar-refractivity contribution in [3.8, 4) is 6.07 Å². The van der Waals surface area contributed by atoms with Crippen molar-refractivity contribution in [1.82, 2.24) is 15.0 Å². The van der Waals surface area contributed by atoms with E-state index in [9.17, 15) is 0 Å². The molecule has 0 fully saturated rings. The third-order valence-corrected chi connectivity index (χ3v) is 3.46. The lowest BCUT2D eigenvalue weighted by Gasteiger charge is -2.21. The Hall–Kier alpha value is -2.19. The second-order valence-electron chi connectivity index (χ2n) is 5.20. The van der Waals surface area contributed by atoms with Crippen molar-refractivity contribution in [2.24, 2.45) is 0 Å². The van der Waals surface area contributed by atoms with Crippen LogP contribution in [0.15, 0.2) is 28.8 Å². The van der Waals surface area contributed by atoms with Crippen molar-refractivity contribution in [1.29, 1.82) is 5.26 Å². The molecule has 0 aliphatic rings. The van der Waals surface area contributed by atoms with Gasteiger partial charge in [-0.2, -0.15) is 10.2 Å². The number of nitriles is 1. The Bertz CT molecular complexity index is 629. The average molecular weight is 284 g/mol. The van der Waals surface area contributed by atoms with Crippen LogP contribution in [0.25, 0.3) is 0 Å². The van der Waals surface area contributed by atoms with Gasteiger partial charge >= 0.3 is 0 Å². The molecule has 0 radical (unpaired) electrons. The maximum atomic E-state index is 8.94. The second-order valence-corrected chi connectivity index (χ2v) is 5.20. The summed E-state index contributed by atoms with van der Waals surface area (Å²) in [5.41, 5.74) is 1.77. The van der Waals surface area contributed by atoms with Gasteiger partial charge in [0, 0.05) is 13.0 Å². The predicted octanol–water partition coefficient (Wildman–Crippen LogP) is 3.09. The summed E-state index contributed by atoms with van der Waals surface area (Å²) in [5.74, 6) is 1.40. The first-order chi connectivity index (χ1) is 10.1. The molecule has 1 aromatic heterocycles. The maximum absolute atomic E-state index is 8.94. The summed E-state index contributed by atoms with van der Waals surface area (Å²) in [4.78, 5) is 6.55. The Kier molecular flexibility index (Phi) is 5.07. The fourth-order valence-electron chi connectivity index (χ4n) is 2.11. The molecule has 1 aromatic carbocycles. The van der Waals surface area contributed by atoms with E-state index in [1.807, 2.05) is 38.2 Å². The molecule has 1 unspecified atom stereocenters. The molecule has 0 N–H and O–H groups in total. The SMILES string of the molecule is CCCc1noc(C(C)N(C)Cc2cccc(C#N)c2)n1. The predicted molar refractivity (Wildman–Crippen MR) is 79.3 cm³/mol. The van der Waals surface area contributed by atoms with E-state index < -0.39 is 0 Å². The summed E-state index contributed by atoms with van der Waals surface area (Å²) < 4.78 is 5.33. The second kappa shape index (κ2) is 7.00. The number of hydrogen-bond donors (Lipinski definition) is 0. The fraction of sp³-hybridized carbons (Fsp3) is 0.438. The normalized spacial score (nSPS) is 12.3. The molecule has 21 heavy (non-hydrogen) atoms. The number of aryl methyl sites for hydroxylation is 1. The summed E-state index contributed by atoms with van der Waals surface area (Å²) in [6, 6.07) is 9.82. The molecule has 0 saturated carbocycles. The summed E-state index contributed by atoms with van der Waals surface area (Å²) >= 11 is 0. The molecule has 1 heterocycles.